The molecule has 1 saturated carbocycles. The molecule has 0 aliphatic heterocycles. The Morgan fingerprint density at radius 1 is 1.38 bits per heavy atom. The van der Waals surface area contributed by atoms with Gasteiger partial charge in [-0.2, -0.15) is 0 Å². The number of nitrogens with one attached hydrogen (secondary N) is 1. The Hall–Kier alpha value is -0.580. The SMILES string of the molecule is Oc1ccc(Br)c(CNCC2(O)CCC2)c1. The van der Waals surface area contributed by atoms with Crippen molar-refractivity contribution in [1.29, 1.82) is 0 Å². The van der Waals surface area contributed by atoms with Crippen LogP contribution >= 0.6 is 15.9 Å². The number of hydrogen-bond donors (Lipinski definition) is 3. The highest BCUT2D eigenvalue weighted by atomic mass is 79.9. The Balaban J connectivity index is 1.87. The largest absolute Gasteiger partial charge is 0.508 e. The lowest BCUT2D eigenvalue weighted by atomic mass is 9.80. The van der Waals surface area contributed by atoms with Crippen molar-refractivity contribution in [3.8, 4) is 5.75 Å². The van der Waals surface area contributed by atoms with Gasteiger partial charge in [-0.15, -0.1) is 0 Å². The summed E-state index contributed by atoms with van der Waals surface area (Å²) in [6.45, 7) is 1.27. The number of benzene rings is 1. The summed E-state index contributed by atoms with van der Waals surface area (Å²) in [5.74, 6) is 0.266. The molecule has 1 aliphatic carbocycles. The minimum atomic E-state index is -0.497. The molecular formula is C12H16BrNO2. The van der Waals surface area contributed by atoms with Crippen molar-refractivity contribution in [2.45, 2.75) is 31.4 Å². The molecule has 2 rings (SSSR count). The number of halogens is 1. The molecule has 0 spiro atoms. The molecule has 0 radical (unpaired) electrons. The molecule has 0 aromatic heterocycles. The van der Waals surface area contributed by atoms with Gasteiger partial charge in [0.05, 0.1) is 5.60 Å². The van der Waals surface area contributed by atoms with Gasteiger partial charge in [0.15, 0.2) is 0 Å². The van der Waals surface area contributed by atoms with Gasteiger partial charge in [0, 0.05) is 17.6 Å². The van der Waals surface area contributed by atoms with Crippen molar-refractivity contribution in [1.82, 2.24) is 5.32 Å². The standard InChI is InChI=1S/C12H16BrNO2/c13-11-3-2-10(15)6-9(11)7-14-8-12(16)4-1-5-12/h2-3,6,14-16H,1,4-5,7-8H2. The molecule has 0 heterocycles. The molecule has 1 aliphatic rings. The van der Waals surface area contributed by atoms with Crippen LogP contribution in [0.1, 0.15) is 24.8 Å². The molecule has 88 valence electrons. The van der Waals surface area contributed by atoms with Crippen LogP contribution < -0.4 is 5.32 Å². The Morgan fingerprint density at radius 3 is 2.75 bits per heavy atom. The van der Waals surface area contributed by atoms with Crippen LogP contribution in [0.2, 0.25) is 0 Å². The quantitative estimate of drug-likeness (QED) is 0.795. The van der Waals surface area contributed by atoms with Crippen molar-refractivity contribution in [3.63, 3.8) is 0 Å². The number of hydrogen-bond acceptors (Lipinski definition) is 3. The number of phenols is 1. The molecule has 0 saturated heterocycles. The van der Waals surface area contributed by atoms with Crippen LogP contribution in [0.3, 0.4) is 0 Å². The summed E-state index contributed by atoms with van der Waals surface area (Å²) in [4.78, 5) is 0. The fourth-order valence-corrected chi connectivity index (χ4v) is 2.27. The molecule has 16 heavy (non-hydrogen) atoms. The highest BCUT2D eigenvalue weighted by molar-refractivity contribution is 9.10. The van der Waals surface area contributed by atoms with E-state index in [1.54, 1.807) is 12.1 Å². The molecule has 3 N–H and O–H groups in total. The Bertz CT molecular complexity index is 377. The Kier molecular flexibility index (Phi) is 3.52. The summed E-state index contributed by atoms with van der Waals surface area (Å²) in [6.07, 6.45) is 2.90. The molecule has 1 aromatic carbocycles. The van der Waals surface area contributed by atoms with Gasteiger partial charge in [-0.05, 0) is 43.0 Å². The first kappa shape index (κ1) is 11.9. The number of aliphatic hydroxyl groups is 1. The van der Waals surface area contributed by atoms with E-state index in [4.69, 9.17) is 0 Å². The highest BCUT2D eigenvalue weighted by Crippen LogP contribution is 2.30. The van der Waals surface area contributed by atoms with E-state index >= 15 is 0 Å². The van der Waals surface area contributed by atoms with Crippen LogP contribution in [0, 0.1) is 0 Å². The zero-order valence-electron chi connectivity index (χ0n) is 9.04. The Labute approximate surface area is 104 Å². The molecule has 0 unspecified atom stereocenters. The van der Waals surface area contributed by atoms with Crippen LogP contribution in [0.4, 0.5) is 0 Å². The molecule has 1 aromatic rings. The first-order valence-corrected chi connectivity index (χ1v) is 6.29. The maximum atomic E-state index is 9.89. The van der Waals surface area contributed by atoms with E-state index in [1.165, 1.54) is 0 Å². The van der Waals surface area contributed by atoms with Crippen LogP contribution in [0.15, 0.2) is 22.7 Å². The van der Waals surface area contributed by atoms with Crippen LogP contribution in [0.5, 0.6) is 5.75 Å². The first-order chi connectivity index (χ1) is 7.59. The van der Waals surface area contributed by atoms with Crippen LogP contribution in [-0.2, 0) is 6.54 Å². The second kappa shape index (κ2) is 4.73. The fraction of sp³-hybridized carbons (Fsp3) is 0.500. The van der Waals surface area contributed by atoms with Crippen LogP contribution in [-0.4, -0.2) is 22.4 Å². The smallest absolute Gasteiger partial charge is 0.115 e. The van der Waals surface area contributed by atoms with E-state index < -0.39 is 5.60 Å². The van der Waals surface area contributed by atoms with E-state index in [0.29, 0.717) is 13.1 Å². The third-order valence-electron chi connectivity index (χ3n) is 3.08. The predicted octanol–water partition coefficient (Wildman–Crippen LogP) is 2.16. The summed E-state index contributed by atoms with van der Waals surface area (Å²) < 4.78 is 0.971. The maximum absolute atomic E-state index is 9.89. The van der Waals surface area contributed by atoms with Gasteiger partial charge in [-0.3, -0.25) is 0 Å². The van der Waals surface area contributed by atoms with E-state index in [0.717, 1.165) is 29.3 Å². The molecule has 3 nitrogen and oxygen atoms in total. The van der Waals surface area contributed by atoms with E-state index in [-0.39, 0.29) is 5.75 Å². The van der Waals surface area contributed by atoms with E-state index in [9.17, 15) is 10.2 Å². The van der Waals surface area contributed by atoms with Crippen molar-refractivity contribution < 1.29 is 10.2 Å². The van der Waals surface area contributed by atoms with Gasteiger partial charge in [0.1, 0.15) is 5.75 Å². The first-order valence-electron chi connectivity index (χ1n) is 5.50. The second-order valence-corrected chi connectivity index (χ2v) is 5.31. The summed E-state index contributed by atoms with van der Waals surface area (Å²) >= 11 is 3.43. The highest BCUT2D eigenvalue weighted by Gasteiger charge is 2.33. The topological polar surface area (TPSA) is 52.5 Å². The van der Waals surface area contributed by atoms with Gasteiger partial charge in [0.2, 0.25) is 0 Å². The lowest BCUT2D eigenvalue weighted by molar-refractivity contribution is -0.0314. The fourth-order valence-electron chi connectivity index (χ4n) is 1.89. The zero-order chi connectivity index (χ0) is 11.6. The molecule has 0 atom stereocenters. The monoisotopic (exact) mass is 285 g/mol. The lowest BCUT2D eigenvalue weighted by Crippen LogP contribution is -2.46. The average molecular weight is 286 g/mol. The number of aromatic hydroxyl groups is 1. The predicted molar refractivity (Wildman–Crippen MR) is 66.3 cm³/mol. The van der Waals surface area contributed by atoms with Gasteiger partial charge in [-0.1, -0.05) is 15.9 Å². The van der Waals surface area contributed by atoms with Crippen molar-refractivity contribution in [3.05, 3.63) is 28.2 Å². The van der Waals surface area contributed by atoms with E-state index in [1.807, 2.05) is 6.07 Å². The minimum Gasteiger partial charge on any atom is -0.508 e. The molecule has 0 bridgehead atoms. The third-order valence-corrected chi connectivity index (χ3v) is 3.86. The van der Waals surface area contributed by atoms with E-state index in [2.05, 4.69) is 21.2 Å². The zero-order valence-corrected chi connectivity index (χ0v) is 10.6. The van der Waals surface area contributed by atoms with Crippen molar-refractivity contribution in [2.24, 2.45) is 0 Å². The summed E-state index contributed by atoms with van der Waals surface area (Å²) in [6, 6.07) is 5.19. The Morgan fingerprint density at radius 2 is 2.12 bits per heavy atom. The lowest BCUT2D eigenvalue weighted by Gasteiger charge is -2.36. The molecular weight excluding hydrogens is 270 g/mol. The van der Waals surface area contributed by atoms with Gasteiger partial charge < -0.3 is 15.5 Å². The average Bonchev–Trinajstić information content (AvgIpc) is 2.21. The van der Waals surface area contributed by atoms with Gasteiger partial charge in [-0.25, -0.2) is 0 Å². The third kappa shape index (κ3) is 2.75. The van der Waals surface area contributed by atoms with Gasteiger partial charge >= 0.3 is 0 Å². The summed E-state index contributed by atoms with van der Waals surface area (Å²) in [5.41, 5.74) is 0.506. The van der Waals surface area contributed by atoms with Crippen molar-refractivity contribution >= 4 is 15.9 Å². The molecule has 0 amide bonds. The normalized spacial score (nSPS) is 18.1. The minimum absolute atomic E-state index is 0.266. The molecule has 4 heteroatoms. The summed E-state index contributed by atoms with van der Waals surface area (Å²) in [7, 11) is 0. The number of phenolic OH excluding ortho intramolecular Hbond substituents is 1. The number of rotatable bonds is 4. The van der Waals surface area contributed by atoms with Gasteiger partial charge in [0.25, 0.3) is 0 Å². The second-order valence-electron chi connectivity index (χ2n) is 4.46. The maximum Gasteiger partial charge on any atom is 0.115 e. The van der Waals surface area contributed by atoms with Crippen molar-refractivity contribution in [2.75, 3.05) is 6.54 Å². The van der Waals surface area contributed by atoms with Crippen LogP contribution in [0.25, 0.3) is 0 Å². The molecule has 1 fully saturated rings. The summed E-state index contributed by atoms with van der Waals surface area (Å²) in [5, 5.41) is 22.5.